The molecule has 1 aliphatic heterocycles. The maximum atomic E-state index is 11.2. The van der Waals surface area contributed by atoms with Crippen molar-refractivity contribution in [2.45, 2.75) is 12.5 Å². The van der Waals surface area contributed by atoms with E-state index in [9.17, 15) is 4.79 Å². The zero-order chi connectivity index (χ0) is 11.5. The molecule has 1 fully saturated rings. The van der Waals surface area contributed by atoms with E-state index in [0.29, 0.717) is 6.61 Å². The number of ether oxygens (including phenoxy) is 1. The summed E-state index contributed by atoms with van der Waals surface area (Å²) in [6, 6.07) is 7.93. The first kappa shape index (κ1) is 13.6. The van der Waals surface area contributed by atoms with Gasteiger partial charge in [0.1, 0.15) is 6.61 Å². The number of rotatable bonds is 3. The highest BCUT2D eigenvalue weighted by Gasteiger charge is 2.29. The predicted molar refractivity (Wildman–Crippen MR) is 68.1 cm³/mol. The summed E-state index contributed by atoms with van der Waals surface area (Å²) in [6.07, 6.45) is 0.554. The van der Waals surface area contributed by atoms with Gasteiger partial charge in [-0.2, -0.15) is 0 Å². The smallest absolute Gasteiger partial charge is 0.409 e. The number of amides is 1. The van der Waals surface area contributed by atoms with Crippen LogP contribution in [0.2, 0.25) is 0 Å². The molecule has 1 aromatic rings. The Morgan fingerprint density at radius 3 is 2.59 bits per heavy atom. The number of hydrogen-bond donors (Lipinski definition) is 2. The molecule has 17 heavy (non-hydrogen) atoms. The molecule has 0 aliphatic carbocycles. The fraction of sp³-hybridized carbons (Fsp3) is 0.364. The van der Waals surface area contributed by atoms with Crippen LogP contribution in [0.1, 0.15) is 5.56 Å². The number of hydrogen-bond acceptors (Lipinski definition) is 4. The number of nitrogens with two attached hydrogens (primary N) is 1. The second kappa shape index (κ2) is 5.75. The van der Waals surface area contributed by atoms with Crippen LogP contribution >= 0.6 is 12.4 Å². The van der Waals surface area contributed by atoms with Crippen molar-refractivity contribution in [3.63, 3.8) is 0 Å². The largest absolute Gasteiger partial charge is 0.447 e. The third kappa shape index (κ3) is 3.01. The van der Waals surface area contributed by atoms with Gasteiger partial charge in [-0.3, -0.25) is 5.84 Å². The molecule has 5 nitrogen and oxygen atoms in total. The van der Waals surface area contributed by atoms with Gasteiger partial charge in [0.15, 0.2) is 0 Å². The van der Waals surface area contributed by atoms with Gasteiger partial charge in [0, 0.05) is 12.7 Å². The lowest BCUT2D eigenvalue weighted by Gasteiger charge is -2.15. The van der Waals surface area contributed by atoms with Crippen LogP contribution in [0.15, 0.2) is 24.3 Å². The van der Waals surface area contributed by atoms with Crippen LogP contribution in [0.3, 0.4) is 0 Å². The number of nitrogens with one attached hydrogen (secondary N) is 1. The van der Waals surface area contributed by atoms with Crippen molar-refractivity contribution in [1.82, 2.24) is 4.90 Å². The molecule has 1 aromatic carbocycles. The summed E-state index contributed by atoms with van der Waals surface area (Å²) in [5, 5.41) is 0. The number of cyclic esters (lactones) is 1. The minimum Gasteiger partial charge on any atom is -0.447 e. The van der Waals surface area contributed by atoms with Gasteiger partial charge in [0.25, 0.3) is 0 Å². The van der Waals surface area contributed by atoms with E-state index in [4.69, 9.17) is 10.6 Å². The number of likely N-dealkylation sites (N-methyl/N-ethyl adjacent to an activating group) is 1. The second-order valence-corrected chi connectivity index (χ2v) is 3.89. The van der Waals surface area contributed by atoms with Gasteiger partial charge in [0.05, 0.1) is 6.04 Å². The fourth-order valence-corrected chi connectivity index (χ4v) is 1.74. The lowest BCUT2D eigenvalue weighted by molar-refractivity contribution is 0.163. The summed E-state index contributed by atoms with van der Waals surface area (Å²) in [7, 11) is 1.76. The Morgan fingerprint density at radius 2 is 2.12 bits per heavy atom. The van der Waals surface area contributed by atoms with Crippen LogP contribution in [0.25, 0.3) is 0 Å². The Bertz CT molecular complexity index is 383. The second-order valence-electron chi connectivity index (χ2n) is 3.89. The molecular formula is C11H16ClN3O2. The summed E-state index contributed by atoms with van der Waals surface area (Å²) in [4.78, 5) is 12.8. The molecule has 3 N–H and O–H groups in total. The van der Waals surface area contributed by atoms with Crippen molar-refractivity contribution >= 4 is 24.2 Å². The SMILES string of the molecule is CN1C(=O)OCC1Cc1ccc(NN)cc1.Cl. The van der Waals surface area contributed by atoms with Crippen molar-refractivity contribution < 1.29 is 9.53 Å². The minimum absolute atomic E-state index is 0. The fourth-order valence-electron chi connectivity index (χ4n) is 1.74. The van der Waals surface area contributed by atoms with Crippen molar-refractivity contribution in [2.24, 2.45) is 5.84 Å². The molecule has 1 amide bonds. The molecule has 0 radical (unpaired) electrons. The molecule has 0 saturated carbocycles. The third-order valence-electron chi connectivity index (χ3n) is 2.83. The van der Waals surface area contributed by atoms with Crippen LogP contribution in [-0.4, -0.2) is 30.7 Å². The minimum atomic E-state index is -0.245. The van der Waals surface area contributed by atoms with Gasteiger partial charge in [-0.1, -0.05) is 12.1 Å². The van der Waals surface area contributed by atoms with Gasteiger partial charge >= 0.3 is 6.09 Å². The van der Waals surface area contributed by atoms with E-state index in [2.05, 4.69) is 5.43 Å². The zero-order valence-electron chi connectivity index (χ0n) is 9.55. The van der Waals surface area contributed by atoms with E-state index < -0.39 is 0 Å². The number of hydrazine groups is 1. The summed E-state index contributed by atoms with van der Waals surface area (Å²) >= 11 is 0. The molecule has 94 valence electrons. The van der Waals surface area contributed by atoms with E-state index in [1.165, 1.54) is 0 Å². The first-order valence-corrected chi connectivity index (χ1v) is 5.16. The number of benzene rings is 1. The highest BCUT2D eigenvalue weighted by Crippen LogP contribution is 2.16. The van der Waals surface area contributed by atoms with Crippen LogP contribution in [0.4, 0.5) is 10.5 Å². The highest BCUT2D eigenvalue weighted by atomic mass is 35.5. The maximum absolute atomic E-state index is 11.2. The first-order valence-electron chi connectivity index (χ1n) is 5.16. The predicted octanol–water partition coefficient (Wildman–Crippen LogP) is 1.39. The van der Waals surface area contributed by atoms with E-state index in [0.717, 1.165) is 17.7 Å². The Morgan fingerprint density at radius 1 is 1.47 bits per heavy atom. The van der Waals surface area contributed by atoms with E-state index in [-0.39, 0.29) is 24.5 Å². The van der Waals surface area contributed by atoms with Crippen molar-refractivity contribution in [2.75, 3.05) is 19.1 Å². The molecule has 2 rings (SSSR count). The van der Waals surface area contributed by atoms with Gasteiger partial charge in [-0.05, 0) is 24.1 Å². The Labute approximate surface area is 106 Å². The quantitative estimate of drug-likeness (QED) is 0.634. The lowest BCUT2D eigenvalue weighted by Crippen LogP contribution is -2.31. The monoisotopic (exact) mass is 257 g/mol. The molecule has 0 bridgehead atoms. The van der Waals surface area contributed by atoms with Crippen LogP contribution < -0.4 is 11.3 Å². The Balaban J connectivity index is 0.00000144. The molecule has 1 saturated heterocycles. The van der Waals surface area contributed by atoms with Gasteiger partial charge < -0.3 is 15.1 Å². The van der Waals surface area contributed by atoms with Crippen molar-refractivity contribution in [3.05, 3.63) is 29.8 Å². The first-order chi connectivity index (χ1) is 7.70. The average molecular weight is 258 g/mol. The summed E-state index contributed by atoms with van der Waals surface area (Å²) in [6.45, 7) is 0.465. The van der Waals surface area contributed by atoms with Crippen molar-refractivity contribution in [1.29, 1.82) is 0 Å². The summed E-state index contributed by atoms with van der Waals surface area (Å²) in [5.74, 6) is 5.28. The van der Waals surface area contributed by atoms with Crippen LogP contribution in [0, 0.1) is 0 Å². The zero-order valence-corrected chi connectivity index (χ0v) is 10.4. The van der Waals surface area contributed by atoms with E-state index in [1.54, 1.807) is 11.9 Å². The molecule has 0 spiro atoms. The highest BCUT2D eigenvalue weighted by molar-refractivity contribution is 5.85. The molecule has 1 aliphatic rings. The number of carbonyl (C=O) groups is 1. The number of carbonyl (C=O) groups excluding carboxylic acids is 1. The molecule has 1 unspecified atom stereocenters. The summed E-state index contributed by atoms with van der Waals surface area (Å²) < 4.78 is 4.95. The lowest BCUT2D eigenvalue weighted by atomic mass is 10.1. The summed E-state index contributed by atoms with van der Waals surface area (Å²) in [5.41, 5.74) is 4.61. The average Bonchev–Trinajstić information content (AvgIpc) is 2.62. The van der Waals surface area contributed by atoms with Gasteiger partial charge in [0.2, 0.25) is 0 Å². The van der Waals surface area contributed by atoms with Crippen molar-refractivity contribution in [3.8, 4) is 0 Å². The van der Waals surface area contributed by atoms with Gasteiger partial charge in [-0.25, -0.2) is 4.79 Å². The number of halogens is 1. The van der Waals surface area contributed by atoms with E-state index >= 15 is 0 Å². The normalized spacial score (nSPS) is 18.6. The maximum Gasteiger partial charge on any atom is 0.409 e. The van der Waals surface area contributed by atoms with Crippen LogP contribution in [0.5, 0.6) is 0 Å². The molecule has 1 heterocycles. The Hall–Kier alpha value is -1.46. The topological polar surface area (TPSA) is 67.6 Å². The molecule has 1 atom stereocenters. The molecule has 6 heteroatoms. The number of anilines is 1. The Kier molecular flexibility index (Phi) is 4.60. The number of nitrogen functional groups attached to an aromatic ring is 1. The third-order valence-corrected chi connectivity index (χ3v) is 2.83. The standard InChI is InChI=1S/C11H15N3O2.ClH/c1-14-10(7-16-11(14)15)6-8-2-4-9(13-12)5-3-8;/h2-5,10,13H,6-7,12H2,1H3;1H. The molecular weight excluding hydrogens is 242 g/mol. The van der Waals surface area contributed by atoms with Gasteiger partial charge in [-0.15, -0.1) is 12.4 Å². The van der Waals surface area contributed by atoms with E-state index in [1.807, 2.05) is 24.3 Å². The van der Waals surface area contributed by atoms with Crippen LogP contribution in [-0.2, 0) is 11.2 Å². The molecule has 0 aromatic heterocycles. The number of nitrogens with zero attached hydrogens (tertiary/aromatic N) is 1.